The summed E-state index contributed by atoms with van der Waals surface area (Å²) in [6.07, 6.45) is 0. The largest absolute Gasteiger partial charge is 0.275 e. The Balaban J connectivity index is 2.52. The molecular formula is C13H8Cl3NO2. The van der Waals surface area contributed by atoms with E-state index in [0.717, 1.165) is 11.1 Å². The second-order valence-electron chi connectivity index (χ2n) is 3.84. The van der Waals surface area contributed by atoms with Crippen LogP contribution >= 0.6 is 34.8 Å². The standard InChI is InChI=1S/C13H8Cl3NO2/c14-10-4-1-8(2-5-10)9-3-6-12(17(18)19)11(7-9)13(15)16/h1-7,13H. The number of halogens is 3. The topological polar surface area (TPSA) is 43.1 Å². The van der Waals surface area contributed by atoms with Crippen molar-refractivity contribution in [2.45, 2.75) is 4.84 Å². The number of hydrogen-bond donors (Lipinski definition) is 0. The summed E-state index contributed by atoms with van der Waals surface area (Å²) in [7, 11) is 0. The van der Waals surface area contributed by atoms with Gasteiger partial charge in [0.2, 0.25) is 0 Å². The van der Waals surface area contributed by atoms with Crippen LogP contribution in [0, 0.1) is 10.1 Å². The van der Waals surface area contributed by atoms with Gasteiger partial charge in [0.1, 0.15) is 4.84 Å². The molecule has 0 spiro atoms. The van der Waals surface area contributed by atoms with Gasteiger partial charge >= 0.3 is 0 Å². The molecule has 0 aliphatic carbocycles. The van der Waals surface area contributed by atoms with Gasteiger partial charge in [-0.2, -0.15) is 0 Å². The molecule has 0 amide bonds. The summed E-state index contributed by atoms with van der Waals surface area (Å²) in [6, 6.07) is 11.8. The van der Waals surface area contributed by atoms with E-state index in [1.54, 1.807) is 24.3 Å². The minimum Gasteiger partial charge on any atom is -0.258 e. The lowest BCUT2D eigenvalue weighted by Gasteiger charge is -2.07. The Morgan fingerprint density at radius 3 is 2.11 bits per heavy atom. The van der Waals surface area contributed by atoms with Crippen molar-refractivity contribution in [2.24, 2.45) is 0 Å². The summed E-state index contributed by atoms with van der Waals surface area (Å²) in [5, 5.41) is 11.5. The van der Waals surface area contributed by atoms with Crippen LogP contribution < -0.4 is 0 Å². The van der Waals surface area contributed by atoms with Crippen LogP contribution in [-0.4, -0.2) is 4.92 Å². The minimum absolute atomic E-state index is 0.0901. The molecule has 0 bridgehead atoms. The fourth-order valence-corrected chi connectivity index (χ4v) is 2.19. The van der Waals surface area contributed by atoms with Gasteiger partial charge in [-0.1, -0.05) is 46.9 Å². The maximum absolute atomic E-state index is 10.9. The Kier molecular flexibility index (Phi) is 4.30. The highest BCUT2D eigenvalue weighted by atomic mass is 35.5. The summed E-state index contributed by atoms with van der Waals surface area (Å²) in [4.78, 5) is 9.44. The second kappa shape index (κ2) is 5.78. The summed E-state index contributed by atoms with van der Waals surface area (Å²) in [6.45, 7) is 0. The molecule has 98 valence electrons. The lowest BCUT2D eigenvalue weighted by molar-refractivity contribution is -0.385. The highest BCUT2D eigenvalue weighted by Crippen LogP contribution is 2.35. The quantitative estimate of drug-likeness (QED) is 0.433. The number of nitrogens with zero attached hydrogens (tertiary/aromatic N) is 1. The lowest BCUT2D eigenvalue weighted by atomic mass is 10.0. The Bertz CT molecular complexity index is 612. The minimum atomic E-state index is -0.951. The first-order valence-electron chi connectivity index (χ1n) is 5.31. The van der Waals surface area contributed by atoms with Gasteiger partial charge in [0.05, 0.1) is 10.5 Å². The molecule has 6 heteroatoms. The van der Waals surface area contributed by atoms with Crippen LogP contribution in [0.4, 0.5) is 5.69 Å². The van der Waals surface area contributed by atoms with Crippen molar-refractivity contribution in [2.75, 3.05) is 0 Å². The van der Waals surface area contributed by atoms with Crippen molar-refractivity contribution in [3.8, 4) is 11.1 Å². The van der Waals surface area contributed by atoms with E-state index in [0.29, 0.717) is 5.02 Å². The number of rotatable bonds is 3. The van der Waals surface area contributed by atoms with E-state index >= 15 is 0 Å². The molecule has 0 unspecified atom stereocenters. The summed E-state index contributed by atoms with van der Waals surface area (Å²) < 4.78 is 0. The van der Waals surface area contributed by atoms with E-state index in [1.807, 2.05) is 12.1 Å². The first-order valence-corrected chi connectivity index (χ1v) is 6.56. The maximum Gasteiger partial charge on any atom is 0.275 e. The Morgan fingerprint density at radius 1 is 1.00 bits per heavy atom. The van der Waals surface area contributed by atoms with Gasteiger partial charge in [0, 0.05) is 11.1 Å². The molecule has 2 aromatic carbocycles. The average molecular weight is 317 g/mol. The normalized spacial score (nSPS) is 10.7. The molecule has 0 aromatic heterocycles. The molecule has 0 fully saturated rings. The monoisotopic (exact) mass is 315 g/mol. The summed E-state index contributed by atoms with van der Waals surface area (Å²) in [5.74, 6) is 0. The number of hydrogen-bond acceptors (Lipinski definition) is 2. The third kappa shape index (κ3) is 3.18. The number of alkyl halides is 2. The van der Waals surface area contributed by atoms with Crippen LogP contribution in [0.1, 0.15) is 10.4 Å². The van der Waals surface area contributed by atoms with E-state index in [4.69, 9.17) is 34.8 Å². The molecule has 0 aliphatic heterocycles. The van der Waals surface area contributed by atoms with E-state index in [2.05, 4.69) is 0 Å². The SMILES string of the molecule is O=[N+]([O-])c1ccc(-c2ccc(Cl)cc2)cc1C(Cl)Cl. The molecule has 0 radical (unpaired) electrons. The third-order valence-electron chi connectivity index (χ3n) is 2.64. The predicted octanol–water partition coefficient (Wildman–Crippen LogP) is 5.39. The average Bonchev–Trinajstić information content (AvgIpc) is 2.38. The smallest absolute Gasteiger partial charge is 0.258 e. The van der Waals surface area contributed by atoms with Gasteiger partial charge in [0.15, 0.2) is 0 Å². The molecule has 0 saturated carbocycles. The number of benzene rings is 2. The summed E-state index contributed by atoms with van der Waals surface area (Å²) in [5.41, 5.74) is 1.87. The van der Waals surface area contributed by atoms with Gasteiger partial charge in [-0.3, -0.25) is 10.1 Å². The first-order chi connectivity index (χ1) is 8.99. The molecular weight excluding hydrogens is 309 g/mol. The predicted molar refractivity (Wildman–Crippen MR) is 78.0 cm³/mol. The lowest BCUT2D eigenvalue weighted by Crippen LogP contribution is -1.95. The van der Waals surface area contributed by atoms with Crippen LogP contribution in [-0.2, 0) is 0 Å². The van der Waals surface area contributed by atoms with Gasteiger partial charge in [-0.25, -0.2) is 0 Å². The van der Waals surface area contributed by atoms with Crippen molar-refractivity contribution in [3.63, 3.8) is 0 Å². The van der Waals surface area contributed by atoms with Crippen molar-refractivity contribution in [1.82, 2.24) is 0 Å². The van der Waals surface area contributed by atoms with E-state index in [1.165, 1.54) is 6.07 Å². The molecule has 2 rings (SSSR count). The molecule has 19 heavy (non-hydrogen) atoms. The zero-order chi connectivity index (χ0) is 14.0. The molecule has 3 nitrogen and oxygen atoms in total. The van der Waals surface area contributed by atoms with Gasteiger partial charge in [0.25, 0.3) is 5.69 Å². The molecule has 2 aromatic rings. The van der Waals surface area contributed by atoms with Crippen LogP contribution in [0.2, 0.25) is 5.02 Å². The Labute approximate surface area is 124 Å². The molecule has 0 atom stereocenters. The fraction of sp³-hybridized carbons (Fsp3) is 0.0769. The van der Waals surface area contributed by atoms with Gasteiger partial charge < -0.3 is 0 Å². The Hall–Kier alpha value is -1.29. The molecule has 0 aliphatic rings. The van der Waals surface area contributed by atoms with E-state index in [-0.39, 0.29) is 11.3 Å². The van der Waals surface area contributed by atoms with E-state index < -0.39 is 9.76 Å². The maximum atomic E-state index is 10.9. The zero-order valence-electron chi connectivity index (χ0n) is 9.52. The molecule has 0 heterocycles. The van der Waals surface area contributed by atoms with E-state index in [9.17, 15) is 10.1 Å². The molecule has 0 saturated heterocycles. The first kappa shape index (κ1) is 14.1. The number of nitro groups is 1. The molecule has 0 N–H and O–H groups in total. The second-order valence-corrected chi connectivity index (χ2v) is 5.37. The zero-order valence-corrected chi connectivity index (χ0v) is 11.8. The van der Waals surface area contributed by atoms with Crippen molar-refractivity contribution < 1.29 is 4.92 Å². The van der Waals surface area contributed by atoms with Crippen molar-refractivity contribution >= 4 is 40.5 Å². The van der Waals surface area contributed by atoms with Crippen molar-refractivity contribution in [1.29, 1.82) is 0 Å². The van der Waals surface area contributed by atoms with Gasteiger partial charge in [-0.15, -0.1) is 0 Å². The van der Waals surface area contributed by atoms with Crippen molar-refractivity contribution in [3.05, 3.63) is 63.2 Å². The highest BCUT2D eigenvalue weighted by Gasteiger charge is 2.19. The Morgan fingerprint density at radius 2 is 1.58 bits per heavy atom. The number of nitro benzene ring substituents is 1. The summed E-state index contributed by atoms with van der Waals surface area (Å²) >= 11 is 17.4. The van der Waals surface area contributed by atoms with Crippen LogP contribution in [0.15, 0.2) is 42.5 Å². The highest BCUT2D eigenvalue weighted by molar-refractivity contribution is 6.44. The third-order valence-corrected chi connectivity index (χ3v) is 3.36. The van der Waals surface area contributed by atoms with Crippen LogP contribution in [0.5, 0.6) is 0 Å². The van der Waals surface area contributed by atoms with Crippen LogP contribution in [0.3, 0.4) is 0 Å². The fourth-order valence-electron chi connectivity index (χ4n) is 1.72. The van der Waals surface area contributed by atoms with Crippen LogP contribution in [0.25, 0.3) is 11.1 Å². The van der Waals surface area contributed by atoms with Gasteiger partial charge in [-0.05, 0) is 35.4 Å².